The van der Waals surface area contributed by atoms with E-state index in [1.165, 1.54) is 0 Å². The number of alkyl halides is 3. The van der Waals surface area contributed by atoms with Crippen LogP contribution in [0.25, 0.3) is 0 Å². The number of rotatable bonds is 1. The Labute approximate surface area is 93.9 Å². The fourth-order valence-electron chi connectivity index (χ4n) is 1.11. The predicted molar refractivity (Wildman–Crippen MR) is 52.2 cm³/mol. The van der Waals surface area contributed by atoms with Crippen molar-refractivity contribution in [3.63, 3.8) is 0 Å². The zero-order valence-corrected chi connectivity index (χ0v) is 8.82. The first-order chi connectivity index (χ1) is 7.27. The number of nitrogen functional groups attached to an aromatic ring is 1. The molecule has 0 fully saturated rings. The topological polar surface area (TPSA) is 52.3 Å². The molecule has 0 heterocycles. The number of benzene rings is 1. The third-order valence-corrected chi connectivity index (χ3v) is 2.14. The molecule has 16 heavy (non-hydrogen) atoms. The van der Waals surface area contributed by atoms with E-state index < -0.39 is 17.7 Å². The molecule has 1 rings (SSSR count). The Morgan fingerprint density at radius 1 is 1.44 bits per heavy atom. The maximum Gasteiger partial charge on any atom is 0.416 e. The van der Waals surface area contributed by atoms with Gasteiger partial charge in [0.15, 0.2) is 0 Å². The highest BCUT2D eigenvalue weighted by Gasteiger charge is 2.32. The second kappa shape index (κ2) is 4.21. The normalized spacial score (nSPS) is 11.3. The number of esters is 1. The van der Waals surface area contributed by atoms with Crippen LogP contribution in [0.4, 0.5) is 18.9 Å². The van der Waals surface area contributed by atoms with Crippen LogP contribution < -0.4 is 5.73 Å². The molecule has 0 atom stereocenters. The van der Waals surface area contributed by atoms with Crippen LogP contribution in [-0.4, -0.2) is 13.1 Å². The van der Waals surface area contributed by atoms with Crippen LogP contribution in [0.3, 0.4) is 0 Å². The summed E-state index contributed by atoms with van der Waals surface area (Å²) < 4.78 is 41.3. The smallest absolute Gasteiger partial charge is 0.416 e. The SMILES string of the molecule is COC(=O)c1c(N)cc(C(F)(F)F)cc1Cl. The molecule has 0 saturated carbocycles. The first-order valence-electron chi connectivity index (χ1n) is 4.02. The number of hydrogen-bond donors (Lipinski definition) is 1. The second-order valence-electron chi connectivity index (χ2n) is 2.91. The standard InChI is InChI=1S/C9H7ClF3NO2/c1-16-8(15)7-5(10)2-4(3-6(7)14)9(11,12)13/h2-3H,14H2,1H3. The van der Waals surface area contributed by atoms with Crippen molar-refractivity contribution in [2.45, 2.75) is 6.18 Å². The van der Waals surface area contributed by atoms with Gasteiger partial charge in [-0.15, -0.1) is 0 Å². The van der Waals surface area contributed by atoms with E-state index in [0.29, 0.717) is 12.1 Å². The van der Waals surface area contributed by atoms with E-state index in [0.717, 1.165) is 7.11 Å². The average molecular weight is 254 g/mol. The molecular formula is C9H7ClF3NO2. The zero-order valence-electron chi connectivity index (χ0n) is 8.06. The van der Waals surface area contributed by atoms with Crippen LogP contribution in [0, 0.1) is 0 Å². The van der Waals surface area contributed by atoms with E-state index in [1.807, 2.05) is 0 Å². The van der Waals surface area contributed by atoms with Gasteiger partial charge in [0.25, 0.3) is 0 Å². The molecule has 1 aromatic carbocycles. The molecule has 0 radical (unpaired) electrons. The summed E-state index contributed by atoms with van der Waals surface area (Å²) in [5.41, 5.74) is 3.66. The van der Waals surface area contributed by atoms with Gasteiger partial charge in [-0.25, -0.2) is 4.79 Å². The minimum absolute atomic E-state index is 0.267. The number of methoxy groups -OCH3 is 1. The highest BCUT2D eigenvalue weighted by Crippen LogP contribution is 2.35. The number of carbonyl (C=O) groups is 1. The van der Waals surface area contributed by atoms with Crippen molar-refractivity contribution >= 4 is 23.3 Å². The van der Waals surface area contributed by atoms with Crippen molar-refractivity contribution in [1.29, 1.82) is 0 Å². The van der Waals surface area contributed by atoms with Gasteiger partial charge in [-0.2, -0.15) is 13.2 Å². The molecule has 0 amide bonds. The molecule has 0 aromatic heterocycles. The fourth-order valence-corrected chi connectivity index (χ4v) is 1.41. The van der Waals surface area contributed by atoms with Crippen LogP contribution in [0.5, 0.6) is 0 Å². The van der Waals surface area contributed by atoms with Gasteiger partial charge >= 0.3 is 12.1 Å². The molecule has 2 N–H and O–H groups in total. The van der Waals surface area contributed by atoms with Crippen molar-refractivity contribution in [2.24, 2.45) is 0 Å². The number of ether oxygens (including phenoxy) is 1. The summed E-state index contributed by atoms with van der Waals surface area (Å²) >= 11 is 5.53. The molecule has 0 aliphatic heterocycles. The first-order valence-corrected chi connectivity index (χ1v) is 4.39. The highest BCUT2D eigenvalue weighted by atomic mass is 35.5. The van der Waals surface area contributed by atoms with Gasteiger partial charge in [0, 0.05) is 5.69 Å². The molecule has 0 unspecified atom stereocenters. The molecule has 0 spiro atoms. The quantitative estimate of drug-likeness (QED) is 0.618. The number of carbonyl (C=O) groups excluding carboxylic acids is 1. The Balaban J connectivity index is 3.34. The number of hydrogen-bond acceptors (Lipinski definition) is 3. The molecule has 7 heteroatoms. The third kappa shape index (κ3) is 2.38. The van der Waals surface area contributed by atoms with Crippen molar-refractivity contribution < 1.29 is 22.7 Å². The molecule has 0 aliphatic rings. The number of halogens is 4. The maximum atomic E-state index is 12.3. The van der Waals surface area contributed by atoms with Gasteiger partial charge < -0.3 is 10.5 Å². The molecular weight excluding hydrogens is 247 g/mol. The Kier molecular flexibility index (Phi) is 3.32. The van der Waals surface area contributed by atoms with Crippen molar-refractivity contribution in [3.8, 4) is 0 Å². The molecule has 3 nitrogen and oxygen atoms in total. The molecule has 0 aliphatic carbocycles. The van der Waals surface area contributed by atoms with Crippen LogP contribution in [0.1, 0.15) is 15.9 Å². The van der Waals surface area contributed by atoms with Crippen LogP contribution in [-0.2, 0) is 10.9 Å². The minimum atomic E-state index is -4.56. The lowest BCUT2D eigenvalue weighted by Crippen LogP contribution is -2.11. The summed E-state index contributed by atoms with van der Waals surface area (Å²) in [6.45, 7) is 0. The summed E-state index contributed by atoms with van der Waals surface area (Å²) in [6, 6.07) is 1.27. The zero-order chi connectivity index (χ0) is 12.5. The minimum Gasteiger partial charge on any atom is -0.465 e. The summed E-state index contributed by atoms with van der Waals surface area (Å²) in [5, 5.41) is -0.390. The van der Waals surface area contributed by atoms with Crippen molar-refractivity contribution in [1.82, 2.24) is 0 Å². The Morgan fingerprint density at radius 2 is 2.00 bits per heavy atom. The Morgan fingerprint density at radius 3 is 2.38 bits per heavy atom. The first kappa shape index (κ1) is 12.6. The number of anilines is 1. The van der Waals surface area contributed by atoms with E-state index in [4.69, 9.17) is 17.3 Å². The van der Waals surface area contributed by atoms with Crippen LogP contribution >= 0.6 is 11.6 Å². The number of nitrogens with two attached hydrogens (primary N) is 1. The monoisotopic (exact) mass is 253 g/mol. The molecule has 0 saturated heterocycles. The summed E-state index contributed by atoms with van der Waals surface area (Å²) in [6.07, 6.45) is -4.56. The molecule has 88 valence electrons. The van der Waals surface area contributed by atoms with Gasteiger partial charge in [-0.05, 0) is 12.1 Å². The summed E-state index contributed by atoms with van der Waals surface area (Å²) in [5.74, 6) is -0.878. The molecule has 1 aromatic rings. The maximum absolute atomic E-state index is 12.3. The van der Waals surface area contributed by atoms with E-state index in [-0.39, 0.29) is 16.3 Å². The third-order valence-electron chi connectivity index (χ3n) is 1.84. The Bertz CT molecular complexity index is 408. The largest absolute Gasteiger partial charge is 0.465 e. The van der Waals surface area contributed by atoms with E-state index in [1.54, 1.807) is 0 Å². The van der Waals surface area contributed by atoms with Gasteiger partial charge in [0.2, 0.25) is 0 Å². The van der Waals surface area contributed by atoms with Gasteiger partial charge in [0.1, 0.15) is 5.56 Å². The van der Waals surface area contributed by atoms with Gasteiger partial charge in [-0.3, -0.25) is 0 Å². The van der Waals surface area contributed by atoms with Crippen LogP contribution in [0.2, 0.25) is 5.02 Å². The highest BCUT2D eigenvalue weighted by molar-refractivity contribution is 6.34. The summed E-state index contributed by atoms with van der Waals surface area (Å²) in [7, 11) is 1.08. The summed E-state index contributed by atoms with van der Waals surface area (Å²) in [4.78, 5) is 11.1. The van der Waals surface area contributed by atoms with Crippen molar-refractivity contribution in [3.05, 3.63) is 28.3 Å². The molecule has 0 bridgehead atoms. The predicted octanol–water partition coefficient (Wildman–Crippen LogP) is 2.73. The van der Waals surface area contributed by atoms with E-state index in [2.05, 4.69) is 4.74 Å². The van der Waals surface area contributed by atoms with Crippen LogP contribution in [0.15, 0.2) is 12.1 Å². The Hall–Kier alpha value is -1.43. The van der Waals surface area contributed by atoms with Crippen molar-refractivity contribution in [2.75, 3.05) is 12.8 Å². The lowest BCUT2D eigenvalue weighted by atomic mass is 10.1. The van der Waals surface area contributed by atoms with Gasteiger partial charge in [-0.1, -0.05) is 11.6 Å². The van der Waals surface area contributed by atoms with E-state index >= 15 is 0 Å². The lowest BCUT2D eigenvalue weighted by molar-refractivity contribution is -0.137. The lowest BCUT2D eigenvalue weighted by Gasteiger charge is -2.11. The second-order valence-corrected chi connectivity index (χ2v) is 3.32. The van der Waals surface area contributed by atoms with Gasteiger partial charge in [0.05, 0.1) is 17.7 Å². The van der Waals surface area contributed by atoms with E-state index in [9.17, 15) is 18.0 Å². The average Bonchev–Trinajstić information content (AvgIpc) is 2.14. The fraction of sp³-hybridized carbons (Fsp3) is 0.222.